The Hall–Kier alpha value is -4.20. The Kier molecular flexibility index (Phi) is 8.56. The molecule has 0 bridgehead atoms. The molecule has 1 saturated heterocycles. The van der Waals surface area contributed by atoms with Gasteiger partial charge in [0.25, 0.3) is 5.91 Å². The number of aromatic nitrogens is 2. The number of anilines is 2. The summed E-state index contributed by atoms with van der Waals surface area (Å²) in [6, 6.07) is 7.22. The Balaban J connectivity index is 1.59. The summed E-state index contributed by atoms with van der Waals surface area (Å²) >= 11 is 0. The van der Waals surface area contributed by atoms with Crippen molar-refractivity contribution in [3.05, 3.63) is 48.3 Å². The molecule has 0 unspecified atom stereocenters. The van der Waals surface area contributed by atoms with E-state index >= 15 is 0 Å². The van der Waals surface area contributed by atoms with Gasteiger partial charge in [-0.1, -0.05) is 13.8 Å². The molecule has 0 atom stereocenters. The van der Waals surface area contributed by atoms with Crippen LogP contribution < -0.4 is 10.2 Å². The van der Waals surface area contributed by atoms with Crippen molar-refractivity contribution < 1.29 is 14.4 Å². The third kappa shape index (κ3) is 6.66. The second kappa shape index (κ2) is 11.8. The van der Waals surface area contributed by atoms with Gasteiger partial charge in [-0.15, -0.1) is 0 Å². The summed E-state index contributed by atoms with van der Waals surface area (Å²) in [5.41, 5.74) is 0.831. The smallest absolute Gasteiger partial charge is 0.337 e. The molecule has 0 aliphatic carbocycles. The molecule has 184 valence electrons. The maximum atomic E-state index is 13.0. The van der Waals surface area contributed by atoms with Gasteiger partial charge in [0.05, 0.1) is 0 Å². The largest absolute Gasteiger partial charge is 0.339 e. The number of benzene rings is 1. The van der Waals surface area contributed by atoms with E-state index in [-0.39, 0.29) is 18.5 Å². The van der Waals surface area contributed by atoms with Crippen LogP contribution in [0.3, 0.4) is 0 Å². The summed E-state index contributed by atoms with van der Waals surface area (Å²) in [5.74, 6) is 0.440. The number of urea groups is 2. The van der Waals surface area contributed by atoms with Crippen molar-refractivity contribution in [3.8, 4) is 6.19 Å². The van der Waals surface area contributed by atoms with Crippen molar-refractivity contribution in [1.29, 1.82) is 5.26 Å². The minimum absolute atomic E-state index is 0.208. The van der Waals surface area contributed by atoms with Crippen LogP contribution in [0.5, 0.6) is 0 Å². The van der Waals surface area contributed by atoms with Gasteiger partial charge in [0.2, 0.25) is 5.95 Å². The molecule has 11 nitrogen and oxygen atoms in total. The summed E-state index contributed by atoms with van der Waals surface area (Å²) in [7, 11) is 1.32. The monoisotopic (exact) mass is 478 g/mol. The third-order valence-electron chi connectivity index (χ3n) is 5.63. The van der Waals surface area contributed by atoms with Crippen LogP contribution in [0, 0.1) is 17.4 Å². The van der Waals surface area contributed by atoms with Crippen LogP contribution in [0.2, 0.25) is 0 Å². The van der Waals surface area contributed by atoms with Gasteiger partial charge in [-0.05, 0) is 42.7 Å². The van der Waals surface area contributed by atoms with E-state index in [1.165, 1.54) is 7.05 Å². The number of nitriles is 1. The Bertz CT molecular complexity index is 1060. The number of carbonyl (C=O) groups is 3. The van der Waals surface area contributed by atoms with Gasteiger partial charge >= 0.3 is 12.1 Å². The first-order valence-corrected chi connectivity index (χ1v) is 11.5. The Morgan fingerprint density at radius 3 is 2.29 bits per heavy atom. The van der Waals surface area contributed by atoms with Crippen LogP contribution in [0.25, 0.3) is 0 Å². The van der Waals surface area contributed by atoms with E-state index in [2.05, 4.69) is 15.3 Å². The van der Waals surface area contributed by atoms with E-state index in [0.717, 1.165) is 9.80 Å². The highest BCUT2D eigenvalue weighted by molar-refractivity contribution is 6.04. The Labute approximate surface area is 204 Å². The highest BCUT2D eigenvalue weighted by Crippen LogP contribution is 2.16. The molecule has 0 saturated carbocycles. The lowest BCUT2D eigenvalue weighted by Gasteiger charge is -2.34. The lowest BCUT2D eigenvalue weighted by Crippen LogP contribution is -2.50. The predicted octanol–water partition coefficient (Wildman–Crippen LogP) is 2.85. The number of nitrogens with zero attached hydrogens (tertiary/aromatic N) is 7. The lowest BCUT2D eigenvalue weighted by atomic mass is 10.1. The van der Waals surface area contributed by atoms with E-state index in [9.17, 15) is 14.4 Å². The number of rotatable bonds is 6. The summed E-state index contributed by atoms with van der Waals surface area (Å²) in [6.07, 6.45) is 5.74. The fourth-order valence-corrected chi connectivity index (χ4v) is 3.51. The standard InChI is InChI=1S/C24H30N8O3/c1-18(2)9-12-32(24(35)29(3)17-25)21(33)19-5-7-20(8-6-19)28-23(34)31-15-13-30(14-16-31)22-26-10-4-11-27-22/h4-8,10-11,18H,9,12-16H2,1-3H3,(H,28,34). The molecule has 35 heavy (non-hydrogen) atoms. The van der Waals surface area contributed by atoms with Gasteiger partial charge < -0.3 is 15.1 Å². The third-order valence-corrected chi connectivity index (χ3v) is 5.63. The first-order chi connectivity index (χ1) is 16.8. The van der Waals surface area contributed by atoms with Crippen LogP contribution in [0.4, 0.5) is 21.2 Å². The maximum Gasteiger partial charge on any atom is 0.339 e. The van der Waals surface area contributed by atoms with Gasteiger partial charge in [0.1, 0.15) is 0 Å². The molecule has 1 N–H and O–H groups in total. The summed E-state index contributed by atoms with van der Waals surface area (Å²) in [6.45, 7) is 6.51. The minimum atomic E-state index is -0.671. The van der Waals surface area contributed by atoms with Crippen LogP contribution >= 0.6 is 0 Å². The molecule has 2 heterocycles. The predicted molar refractivity (Wildman–Crippen MR) is 131 cm³/mol. The average molecular weight is 479 g/mol. The van der Waals surface area contributed by atoms with Crippen LogP contribution in [-0.4, -0.2) is 82.4 Å². The molecule has 3 rings (SSSR count). The summed E-state index contributed by atoms with van der Waals surface area (Å²) in [5, 5.41) is 11.9. The van der Waals surface area contributed by atoms with Crippen LogP contribution in [-0.2, 0) is 0 Å². The maximum absolute atomic E-state index is 13.0. The molecule has 1 aliphatic rings. The number of amides is 5. The normalized spacial score (nSPS) is 13.2. The average Bonchev–Trinajstić information content (AvgIpc) is 2.88. The van der Waals surface area contributed by atoms with Crippen molar-refractivity contribution in [2.75, 3.05) is 50.0 Å². The minimum Gasteiger partial charge on any atom is -0.337 e. The zero-order valence-electron chi connectivity index (χ0n) is 20.2. The zero-order chi connectivity index (χ0) is 25.4. The Morgan fingerprint density at radius 2 is 1.71 bits per heavy atom. The SMILES string of the molecule is CC(C)CCN(C(=O)c1ccc(NC(=O)N2CCN(c3ncccn3)CC2)cc1)C(=O)N(C)C#N. The molecular formula is C24H30N8O3. The van der Waals surface area contributed by atoms with Crippen molar-refractivity contribution in [2.24, 2.45) is 5.92 Å². The van der Waals surface area contributed by atoms with Crippen LogP contribution in [0.1, 0.15) is 30.6 Å². The number of piperazine rings is 1. The number of nitrogens with one attached hydrogen (secondary N) is 1. The van der Waals surface area contributed by atoms with Crippen LogP contribution in [0.15, 0.2) is 42.7 Å². The fourth-order valence-electron chi connectivity index (χ4n) is 3.51. The zero-order valence-corrected chi connectivity index (χ0v) is 20.2. The van der Waals surface area contributed by atoms with Gasteiger partial charge in [0, 0.05) is 63.4 Å². The first kappa shape index (κ1) is 25.4. The van der Waals surface area contributed by atoms with E-state index in [4.69, 9.17) is 5.26 Å². The molecule has 1 aromatic carbocycles. The van der Waals surface area contributed by atoms with E-state index in [1.807, 2.05) is 18.7 Å². The molecule has 1 fully saturated rings. The van der Waals surface area contributed by atoms with Gasteiger partial charge in [0.15, 0.2) is 6.19 Å². The highest BCUT2D eigenvalue weighted by atomic mass is 16.2. The Morgan fingerprint density at radius 1 is 1.09 bits per heavy atom. The molecule has 1 aromatic heterocycles. The molecule has 1 aliphatic heterocycles. The fraction of sp³-hybridized carbons (Fsp3) is 0.417. The summed E-state index contributed by atoms with van der Waals surface area (Å²) < 4.78 is 0. The number of hydrogen-bond acceptors (Lipinski definition) is 7. The molecular weight excluding hydrogens is 448 g/mol. The van der Waals surface area contributed by atoms with Gasteiger partial charge in [-0.3, -0.25) is 9.69 Å². The highest BCUT2D eigenvalue weighted by Gasteiger charge is 2.26. The second-order valence-electron chi connectivity index (χ2n) is 8.61. The molecule has 2 aromatic rings. The van der Waals surface area contributed by atoms with Crippen molar-refractivity contribution >= 4 is 29.6 Å². The van der Waals surface area contributed by atoms with Crippen molar-refractivity contribution in [3.63, 3.8) is 0 Å². The van der Waals surface area contributed by atoms with Gasteiger partial charge in [-0.25, -0.2) is 24.5 Å². The molecule has 5 amide bonds. The number of hydrogen-bond donors (Lipinski definition) is 1. The quantitative estimate of drug-likeness (QED) is 0.500. The van der Waals surface area contributed by atoms with E-state index in [0.29, 0.717) is 49.8 Å². The second-order valence-corrected chi connectivity index (χ2v) is 8.61. The van der Waals surface area contributed by atoms with E-state index in [1.54, 1.807) is 53.8 Å². The molecule has 0 spiro atoms. The van der Waals surface area contributed by atoms with E-state index < -0.39 is 11.9 Å². The van der Waals surface area contributed by atoms with Crippen molar-refractivity contribution in [1.82, 2.24) is 24.7 Å². The number of imide groups is 1. The topological polar surface area (TPSA) is 126 Å². The number of carbonyl (C=O) groups excluding carboxylic acids is 3. The first-order valence-electron chi connectivity index (χ1n) is 11.5. The van der Waals surface area contributed by atoms with Gasteiger partial charge in [-0.2, -0.15) is 5.26 Å². The van der Waals surface area contributed by atoms with Crippen molar-refractivity contribution in [2.45, 2.75) is 20.3 Å². The summed E-state index contributed by atoms with van der Waals surface area (Å²) in [4.78, 5) is 52.4. The lowest BCUT2D eigenvalue weighted by molar-refractivity contribution is 0.0776. The molecule has 11 heteroatoms. The molecule has 0 radical (unpaired) electrons.